The molecule has 0 aliphatic rings. The first-order chi connectivity index (χ1) is 9.70. The molecule has 0 saturated heterocycles. The van der Waals surface area contributed by atoms with Crippen LogP contribution in [0.15, 0.2) is 48.5 Å². The standard InChI is InChI=1S/C17H17FN2/c1-20(17-7-3-2-6-16(17)18)13-15-10-8-14(9-11-15)5-4-12-19/h2-3,6-11H,12-13,19H2,1H3. The SMILES string of the molecule is CN(Cc1ccc(C#CCN)cc1)c1ccccc1F. The van der Waals surface area contributed by atoms with Crippen LogP contribution >= 0.6 is 0 Å². The van der Waals surface area contributed by atoms with Crippen LogP contribution in [0.1, 0.15) is 11.1 Å². The Morgan fingerprint density at radius 3 is 2.45 bits per heavy atom. The topological polar surface area (TPSA) is 29.3 Å². The highest BCUT2D eigenvalue weighted by Crippen LogP contribution is 2.19. The van der Waals surface area contributed by atoms with Crippen LogP contribution in [0.4, 0.5) is 10.1 Å². The highest BCUT2D eigenvalue weighted by atomic mass is 19.1. The third-order valence-corrected chi connectivity index (χ3v) is 2.97. The Labute approximate surface area is 119 Å². The number of anilines is 1. The van der Waals surface area contributed by atoms with Gasteiger partial charge in [0.25, 0.3) is 0 Å². The van der Waals surface area contributed by atoms with Gasteiger partial charge in [0.15, 0.2) is 0 Å². The van der Waals surface area contributed by atoms with E-state index in [1.54, 1.807) is 12.1 Å². The molecule has 0 spiro atoms. The van der Waals surface area contributed by atoms with Crippen molar-refractivity contribution < 1.29 is 4.39 Å². The third-order valence-electron chi connectivity index (χ3n) is 2.97. The number of hydrogen-bond donors (Lipinski definition) is 1. The highest BCUT2D eigenvalue weighted by molar-refractivity contribution is 5.47. The van der Waals surface area contributed by atoms with E-state index in [-0.39, 0.29) is 5.82 Å². The molecular formula is C17H17FN2. The summed E-state index contributed by atoms with van der Waals surface area (Å²) >= 11 is 0. The van der Waals surface area contributed by atoms with E-state index in [0.29, 0.717) is 18.8 Å². The van der Waals surface area contributed by atoms with Gasteiger partial charge in [0.05, 0.1) is 12.2 Å². The van der Waals surface area contributed by atoms with E-state index in [2.05, 4.69) is 11.8 Å². The second-order valence-electron chi connectivity index (χ2n) is 4.51. The minimum atomic E-state index is -0.208. The zero-order valence-corrected chi connectivity index (χ0v) is 11.4. The van der Waals surface area contributed by atoms with E-state index >= 15 is 0 Å². The summed E-state index contributed by atoms with van der Waals surface area (Å²) in [5.74, 6) is 5.58. The zero-order chi connectivity index (χ0) is 14.4. The van der Waals surface area contributed by atoms with E-state index in [9.17, 15) is 4.39 Å². The molecule has 2 N–H and O–H groups in total. The number of benzene rings is 2. The van der Waals surface area contributed by atoms with Crippen LogP contribution in [0, 0.1) is 17.7 Å². The lowest BCUT2D eigenvalue weighted by Gasteiger charge is -2.20. The maximum atomic E-state index is 13.7. The number of hydrogen-bond acceptors (Lipinski definition) is 2. The smallest absolute Gasteiger partial charge is 0.146 e. The number of rotatable bonds is 3. The number of nitrogens with two attached hydrogens (primary N) is 1. The predicted octanol–water partition coefficient (Wildman–Crippen LogP) is 2.77. The molecule has 2 aromatic rings. The maximum absolute atomic E-state index is 13.7. The van der Waals surface area contributed by atoms with Crippen LogP contribution in [0.2, 0.25) is 0 Å². The van der Waals surface area contributed by atoms with E-state index in [1.807, 2.05) is 42.3 Å². The van der Waals surface area contributed by atoms with Gasteiger partial charge in [-0.1, -0.05) is 36.1 Å². The summed E-state index contributed by atoms with van der Waals surface area (Å²) in [5.41, 5.74) is 7.98. The molecule has 0 saturated carbocycles. The molecule has 0 heterocycles. The molecule has 2 aromatic carbocycles. The van der Waals surface area contributed by atoms with E-state index in [0.717, 1.165) is 11.1 Å². The summed E-state index contributed by atoms with van der Waals surface area (Å²) < 4.78 is 13.7. The minimum absolute atomic E-state index is 0.208. The van der Waals surface area contributed by atoms with Crippen molar-refractivity contribution in [1.82, 2.24) is 0 Å². The first kappa shape index (κ1) is 14.1. The molecule has 2 nitrogen and oxygen atoms in total. The molecule has 0 aromatic heterocycles. The van der Waals surface area contributed by atoms with Crippen molar-refractivity contribution in [3.8, 4) is 11.8 Å². The fourth-order valence-electron chi connectivity index (χ4n) is 1.97. The van der Waals surface area contributed by atoms with Crippen LogP contribution in [-0.4, -0.2) is 13.6 Å². The molecule has 0 radical (unpaired) electrons. The van der Waals surface area contributed by atoms with Crippen molar-refractivity contribution in [3.63, 3.8) is 0 Å². The van der Waals surface area contributed by atoms with Gasteiger partial charge in [-0.05, 0) is 29.8 Å². The first-order valence-electron chi connectivity index (χ1n) is 6.44. The molecule has 0 atom stereocenters. The lowest BCUT2D eigenvalue weighted by molar-refractivity contribution is 0.622. The normalized spacial score (nSPS) is 9.75. The van der Waals surface area contributed by atoms with Crippen LogP contribution in [0.25, 0.3) is 0 Å². The Bertz CT molecular complexity index is 623. The van der Waals surface area contributed by atoms with Crippen molar-refractivity contribution in [1.29, 1.82) is 0 Å². The van der Waals surface area contributed by atoms with Crippen LogP contribution in [0.5, 0.6) is 0 Å². The van der Waals surface area contributed by atoms with Crippen molar-refractivity contribution in [2.75, 3.05) is 18.5 Å². The van der Waals surface area contributed by atoms with Crippen LogP contribution < -0.4 is 10.6 Å². The Hall–Kier alpha value is -2.31. The van der Waals surface area contributed by atoms with Gasteiger partial charge in [-0.25, -0.2) is 4.39 Å². The van der Waals surface area contributed by atoms with Gasteiger partial charge in [-0.2, -0.15) is 0 Å². The second-order valence-corrected chi connectivity index (χ2v) is 4.51. The Kier molecular flexibility index (Phi) is 4.75. The van der Waals surface area contributed by atoms with Gasteiger partial charge in [0.1, 0.15) is 5.82 Å². The van der Waals surface area contributed by atoms with E-state index in [1.165, 1.54) is 6.07 Å². The monoisotopic (exact) mass is 268 g/mol. The van der Waals surface area contributed by atoms with Gasteiger partial charge < -0.3 is 10.6 Å². The average molecular weight is 268 g/mol. The lowest BCUT2D eigenvalue weighted by atomic mass is 10.1. The summed E-state index contributed by atoms with van der Waals surface area (Å²) in [7, 11) is 1.88. The molecule has 0 aliphatic carbocycles. The molecule has 0 fully saturated rings. The molecule has 0 bridgehead atoms. The highest BCUT2D eigenvalue weighted by Gasteiger charge is 2.06. The molecule has 2 rings (SSSR count). The fourth-order valence-corrected chi connectivity index (χ4v) is 1.97. The number of para-hydroxylation sites is 1. The Morgan fingerprint density at radius 1 is 1.10 bits per heavy atom. The van der Waals surface area contributed by atoms with Crippen molar-refractivity contribution in [2.45, 2.75) is 6.54 Å². The largest absolute Gasteiger partial charge is 0.368 e. The molecule has 0 aliphatic heterocycles. The molecular weight excluding hydrogens is 251 g/mol. The van der Waals surface area contributed by atoms with Crippen molar-refractivity contribution in [2.24, 2.45) is 5.73 Å². The Balaban J connectivity index is 2.08. The molecule has 20 heavy (non-hydrogen) atoms. The predicted molar refractivity (Wildman–Crippen MR) is 80.9 cm³/mol. The second kappa shape index (κ2) is 6.74. The molecule has 3 heteroatoms. The van der Waals surface area contributed by atoms with Gasteiger partial charge in [0, 0.05) is 19.2 Å². The van der Waals surface area contributed by atoms with E-state index in [4.69, 9.17) is 5.73 Å². The summed E-state index contributed by atoms with van der Waals surface area (Å²) in [6.07, 6.45) is 0. The summed E-state index contributed by atoms with van der Waals surface area (Å²) in [6, 6.07) is 14.7. The minimum Gasteiger partial charge on any atom is -0.368 e. The molecule has 102 valence electrons. The zero-order valence-electron chi connectivity index (χ0n) is 11.4. The van der Waals surface area contributed by atoms with Crippen LogP contribution in [0.3, 0.4) is 0 Å². The maximum Gasteiger partial charge on any atom is 0.146 e. The Morgan fingerprint density at radius 2 is 1.80 bits per heavy atom. The van der Waals surface area contributed by atoms with Gasteiger partial charge >= 0.3 is 0 Å². The van der Waals surface area contributed by atoms with Gasteiger partial charge in [0.2, 0.25) is 0 Å². The number of nitrogens with zero attached hydrogens (tertiary/aromatic N) is 1. The van der Waals surface area contributed by atoms with Crippen molar-refractivity contribution >= 4 is 5.69 Å². The summed E-state index contributed by atoms with van der Waals surface area (Å²) in [5, 5.41) is 0. The molecule has 0 amide bonds. The molecule has 0 unspecified atom stereocenters. The fraction of sp³-hybridized carbons (Fsp3) is 0.176. The number of halogens is 1. The summed E-state index contributed by atoms with van der Waals surface area (Å²) in [4.78, 5) is 1.88. The van der Waals surface area contributed by atoms with Gasteiger partial charge in [-0.3, -0.25) is 0 Å². The first-order valence-corrected chi connectivity index (χ1v) is 6.44. The van der Waals surface area contributed by atoms with Gasteiger partial charge in [-0.15, -0.1) is 0 Å². The average Bonchev–Trinajstić information content (AvgIpc) is 2.47. The lowest BCUT2D eigenvalue weighted by Crippen LogP contribution is -2.17. The van der Waals surface area contributed by atoms with E-state index < -0.39 is 0 Å². The third kappa shape index (κ3) is 3.59. The summed E-state index contributed by atoms with van der Waals surface area (Å²) in [6.45, 7) is 1.00. The van der Waals surface area contributed by atoms with Crippen LogP contribution in [-0.2, 0) is 6.54 Å². The van der Waals surface area contributed by atoms with Crippen molar-refractivity contribution in [3.05, 3.63) is 65.5 Å². The quantitative estimate of drug-likeness (QED) is 0.867.